The number of nitrogens with one attached hydrogen (secondary N) is 1. The van der Waals surface area contributed by atoms with E-state index in [-0.39, 0.29) is 29.6 Å². The minimum Gasteiger partial charge on any atom is -0.449 e. The minimum atomic E-state index is -0.821. The summed E-state index contributed by atoms with van der Waals surface area (Å²) in [7, 11) is 0. The van der Waals surface area contributed by atoms with Crippen LogP contribution in [0.5, 0.6) is 11.5 Å². The van der Waals surface area contributed by atoms with Crippen LogP contribution in [0.4, 0.5) is 20.5 Å². The number of aliphatic hydroxyl groups is 1. The molecule has 1 saturated carbocycles. The zero-order valence-electron chi connectivity index (χ0n) is 12.9. The van der Waals surface area contributed by atoms with Crippen LogP contribution in [0.2, 0.25) is 0 Å². The second-order valence-electron chi connectivity index (χ2n) is 5.77. The molecule has 0 unspecified atom stereocenters. The number of nitrogen functional groups attached to an aromatic ring is 1. The van der Waals surface area contributed by atoms with Crippen LogP contribution >= 0.6 is 0 Å². The second kappa shape index (κ2) is 6.96. The Morgan fingerprint density at radius 3 is 2.62 bits per heavy atom. The van der Waals surface area contributed by atoms with Gasteiger partial charge in [-0.3, -0.25) is 0 Å². The number of benzene rings is 1. The van der Waals surface area contributed by atoms with Crippen LogP contribution in [0.3, 0.4) is 0 Å². The van der Waals surface area contributed by atoms with Gasteiger partial charge in [-0.2, -0.15) is 4.98 Å². The van der Waals surface area contributed by atoms with E-state index in [0.717, 1.165) is 25.0 Å². The minimum absolute atomic E-state index is 0.0558. The molecule has 4 N–H and O–H groups in total. The first kappa shape index (κ1) is 16.4. The fourth-order valence-corrected chi connectivity index (χ4v) is 2.65. The van der Waals surface area contributed by atoms with Crippen molar-refractivity contribution < 1.29 is 18.6 Å². The van der Waals surface area contributed by atoms with Crippen molar-refractivity contribution in [1.29, 1.82) is 0 Å². The number of halogens is 2. The Labute approximate surface area is 137 Å². The van der Waals surface area contributed by atoms with E-state index in [1.807, 2.05) is 0 Å². The summed E-state index contributed by atoms with van der Waals surface area (Å²) in [6.07, 6.45) is 4.00. The van der Waals surface area contributed by atoms with Gasteiger partial charge >= 0.3 is 0 Å². The van der Waals surface area contributed by atoms with Gasteiger partial charge in [0.05, 0.1) is 12.3 Å². The molecule has 1 aliphatic carbocycles. The van der Waals surface area contributed by atoms with Gasteiger partial charge < -0.3 is 20.9 Å². The number of aromatic nitrogens is 2. The number of nitrogens with two attached hydrogens (primary N) is 1. The summed E-state index contributed by atoms with van der Waals surface area (Å²) < 4.78 is 32.2. The fourth-order valence-electron chi connectivity index (χ4n) is 2.65. The molecule has 0 radical (unpaired) electrons. The summed E-state index contributed by atoms with van der Waals surface area (Å²) in [5.41, 5.74) is 5.62. The molecule has 1 aromatic heterocycles. The summed E-state index contributed by atoms with van der Waals surface area (Å²) >= 11 is 0. The average Bonchev–Trinajstić information content (AvgIpc) is 2.54. The van der Waals surface area contributed by atoms with Crippen molar-refractivity contribution in [3.63, 3.8) is 0 Å². The number of hydrogen-bond acceptors (Lipinski definition) is 6. The van der Waals surface area contributed by atoms with Crippen LogP contribution in [0.15, 0.2) is 24.4 Å². The van der Waals surface area contributed by atoms with Crippen LogP contribution in [-0.4, -0.2) is 27.2 Å². The number of hydrogen-bond donors (Lipinski definition) is 3. The van der Waals surface area contributed by atoms with Gasteiger partial charge in [-0.05, 0) is 37.8 Å². The van der Waals surface area contributed by atoms with Crippen molar-refractivity contribution in [1.82, 2.24) is 9.97 Å². The third kappa shape index (κ3) is 3.88. The molecule has 0 aliphatic heterocycles. The SMILES string of the molecule is Nc1ncc(Oc2ccc(F)cc2F)c(N[C@H]2CC[C@H](O)CC2)n1. The van der Waals surface area contributed by atoms with Crippen LogP contribution < -0.4 is 15.8 Å². The van der Waals surface area contributed by atoms with Crippen molar-refractivity contribution >= 4 is 11.8 Å². The lowest BCUT2D eigenvalue weighted by molar-refractivity contribution is 0.126. The molecule has 6 nitrogen and oxygen atoms in total. The lowest BCUT2D eigenvalue weighted by Crippen LogP contribution is -2.28. The standard InChI is InChI=1S/C16H18F2N4O2/c17-9-1-6-13(12(18)7-9)24-14-8-20-16(19)22-15(14)21-10-2-4-11(23)5-3-10/h1,6-8,10-11,23H,2-5H2,(H3,19,20,21,22)/t10-,11-. The highest BCUT2D eigenvalue weighted by Gasteiger charge is 2.21. The Balaban J connectivity index is 1.80. The first-order valence-electron chi connectivity index (χ1n) is 7.71. The summed E-state index contributed by atoms with van der Waals surface area (Å²) in [6.45, 7) is 0. The molecule has 0 saturated heterocycles. The van der Waals surface area contributed by atoms with Crippen molar-refractivity contribution in [2.75, 3.05) is 11.1 Å². The number of anilines is 2. The molecule has 0 bridgehead atoms. The topological polar surface area (TPSA) is 93.3 Å². The van der Waals surface area contributed by atoms with Crippen molar-refractivity contribution in [3.05, 3.63) is 36.0 Å². The first-order valence-corrected chi connectivity index (χ1v) is 7.71. The maximum atomic E-state index is 13.8. The number of rotatable bonds is 4. The maximum Gasteiger partial charge on any atom is 0.222 e. The molecule has 0 amide bonds. The van der Waals surface area contributed by atoms with Gasteiger partial charge in [-0.1, -0.05) is 0 Å². The molecule has 1 aromatic carbocycles. The van der Waals surface area contributed by atoms with E-state index in [0.29, 0.717) is 18.7 Å². The Hall–Kier alpha value is -2.48. The molecule has 0 spiro atoms. The number of nitrogens with zero attached hydrogens (tertiary/aromatic N) is 2. The predicted octanol–water partition coefficient (Wildman–Crippen LogP) is 2.84. The molecule has 1 heterocycles. The van der Waals surface area contributed by atoms with Gasteiger partial charge in [0.15, 0.2) is 23.1 Å². The third-order valence-electron chi connectivity index (χ3n) is 3.93. The summed E-state index contributed by atoms with van der Waals surface area (Å²) in [5, 5.41) is 12.8. The highest BCUT2D eigenvalue weighted by molar-refractivity contribution is 5.53. The Morgan fingerprint density at radius 1 is 1.17 bits per heavy atom. The van der Waals surface area contributed by atoms with E-state index in [1.54, 1.807) is 0 Å². The van der Waals surface area contributed by atoms with Gasteiger partial charge in [0, 0.05) is 12.1 Å². The van der Waals surface area contributed by atoms with E-state index in [9.17, 15) is 13.9 Å². The molecule has 3 rings (SSSR count). The van der Waals surface area contributed by atoms with Gasteiger partial charge in [-0.25, -0.2) is 13.8 Å². The highest BCUT2D eigenvalue weighted by atomic mass is 19.1. The summed E-state index contributed by atoms with van der Waals surface area (Å²) in [5.74, 6) is -1.05. The van der Waals surface area contributed by atoms with Gasteiger partial charge in [0.25, 0.3) is 0 Å². The zero-order chi connectivity index (χ0) is 17.1. The Kier molecular flexibility index (Phi) is 4.75. The van der Waals surface area contributed by atoms with E-state index < -0.39 is 11.6 Å². The smallest absolute Gasteiger partial charge is 0.222 e. The van der Waals surface area contributed by atoms with Gasteiger partial charge in [-0.15, -0.1) is 0 Å². The molecular formula is C16H18F2N4O2. The first-order chi connectivity index (χ1) is 11.5. The fraction of sp³-hybridized carbons (Fsp3) is 0.375. The molecule has 128 valence electrons. The van der Waals surface area contributed by atoms with Crippen LogP contribution in [-0.2, 0) is 0 Å². The Bertz CT molecular complexity index is 721. The molecule has 8 heteroatoms. The Morgan fingerprint density at radius 2 is 1.92 bits per heavy atom. The van der Waals surface area contributed by atoms with Gasteiger partial charge in [0.1, 0.15) is 5.82 Å². The summed E-state index contributed by atoms with van der Waals surface area (Å²) in [4.78, 5) is 7.95. The molecular weight excluding hydrogens is 318 g/mol. The normalized spacial score (nSPS) is 20.6. The third-order valence-corrected chi connectivity index (χ3v) is 3.93. The van der Waals surface area contributed by atoms with Crippen LogP contribution in [0.25, 0.3) is 0 Å². The number of ether oxygens (including phenoxy) is 1. The average molecular weight is 336 g/mol. The molecule has 0 atom stereocenters. The van der Waals surface area contributed by atoms with Crippen molar-refractivity contribution in [2.45, 2.75) is 37.8 Å². The molecule has 24 heavy (non-hydrogen) atoms. The van der Waals surface area contributed by atoms with Gasteiger partial charge in [0.2, 0.25) is 5.95 Å². The van der Waals surface area contributed by atoms with E-state index >= 15 is 0 Å². The van der Waals surface area contributed by atoms with E-state index in [2.05, 4.69) is 15.3 Å². The van der Waals surface area contributed by atoms with Crippen LogP contribution in [0.1, 0.15) is 25.7 Å². The zero-order valence-corrected chi connectivity index (χ0v) is 12.9. The predicted molar refractivity (Wildman–Crippen MR) is 84.8 cm³/mol. The molecule has 1 aliphatic rings. The number of aliphatic hydroxyl groups excluding tert-OH is 1. The van der Waals surface area contributed by atoms with Crippen molar-refractivity contribution in [3.8, 4) is 11.5 Å². The lowest BCUT2D eigenvalue weighted by Gasteiger charge is -2.27. The second-order valence-corrected chi connectivity index (χ2v) is 5.77. The maximum absolute atomic E-state index is 13.8. The van der Waals surface area contributed by atoms with Crippen molar-refractivity contribution in [2.24, 2.45) is 0 Å². The van der Waals surface area contributed by atoms with Crippen LogP contribution in [0, 0.1) is 11.6 Å². The highest BCUT2D eigenvalue weighted by Crippen LogP contribution is 2.31. The lowest BCUT2D eigenvalue weighted by atomic mass is 9.93. The van der Waals surface area contributed by atoms with E-state index in [1.165, 1.54) is 12.3 Å². The quantitative estimate of drug-likeness (QED) is 0.795. The largest absolute Gasteiger partial charge is 0.449 e. The molecule has 2 aromatic rings. The van der Waals surface area contributed by atoms with E-state index in [4.69, 9.17) is 10.5 Å². The monoisotopic (exact) mass is 336 g/mol. The summed E-state index contributed by atoms with van der Waals surface area (Å²) in [6, 6.07) is 3.14. The molecule has 1 fully saturated rings.